The van der Waals surface area contributed by atoms with Crippen molar-refractivity contribution in [2.75, 3.05) is 43.4 Å². The van der Waals surface area contributed by atoms with Gasteiger partial charge in [0.05, 0.1) is 0 Å². The van der Waals surface area contributed by atoms with Gasteiger partial charge in [-0.15, -0.1) is 0 Å². The number of hydrogen-bond donors (Lipinski definition) is 1. The molecule has 1 aromatic heterocycles. The second kappa shape index (κ2) is 8.75. The van der Waals surface area contributed by atoms with E-state index in [1.165, 1.54) is 0 Å². The summed E-state index contributed by atoms with van der Waals surface area (Å²) in [6.07, 6.45) is 1.69. The number of benzene rings is 2. The van der Waals surface area contributed by atoms with Gasteiger partial charge in [0.15, 0.2) is 0 Å². The summed E-state index contributed by atoms with van der Waals surface area (Å²) in [7, 11) is 2.12. The molecule has 0 aliphatic carbocycles. The molecule has 1 fully saturated rings. The molecule has 1 saturated heterocycles. The monoisotopic (exact) mass is 388 g/mol. The molecule has 1 amide bonds. The predicted octanol–water partition coefficient (Wildman–Crippen LogP) is 3.88. The summed E-state index contributed by atoms with van der Waals surface area (Å²) in [6.45, 7) is 3.82. The van der Waals surface area contributed by atoms with Gasteiger partial charge in [-0.05, 0) is 55.6 Å². The first-order valence-corrected chi connectivity index (χ1v) is 9.71. The van der Waals surface area contributed by atoms with Crippen LogP contribution in [0.5, 0.6) is 11.5 Å². The molecule has 0 saturated carbocycles. The van der Waals surface area contributed by atoms with Crippen molar-refractivity contribution in [1.82, 2.24) is 9.88 Å². The lowest BCUT2D eigenvalue weighted by molar-refractivity contribution is 0.102. The molecule has 4 rings (SSSR count). The third kappa shape index (κ3) is 4.92. The van der Waals surface area contributed by atoms with Crippen molar-refractivity contribution in [3.05, 3.63) is 78.5 Å². The number of carbonyl (C=O) groups is 1. The van der Waals surface area contributed by atoms with Gasteiger partial charge in [0.2, 0.25) is 0 Å². The standard InChI is InChI=1S/C23H24N4O2/c1-26-13-15-27(16-14-26)22-17-18(11-12-24-22)23(28)25-19-7-9-21(10-8-19)29-20-5-3-2-4-6-20/h2-12,17H,13-16H2,1H3,(H,25,28). The molecule has 2 aromatic carbocycles. The number of pyridine rings is 1. The maximum atomic E-state index is 12.7. The van der Waals surface area contributed by atoms with Crippen molar-refractivity contribution in [3.63, 3.8) is 0 Å². The van der Waals surface area contributed by atoms with Gasteiger partial charge in [-0.25, -0.2) is 4.98 Å². The van der Waals surface area contributed by atoms with Crippen molar-refractivity contribution in [2.24, 2.45) is 0 Å². The second-order valence-electron chi connectivity index (χ2n) is 7.09. The van der Waals surface area contributed by atoms with Crippen molar-refractivity contribution in [2.45, 2.75) is 0 Å². The molecule has 29 heavy (non-hydrogen) atoms. The summed E-state index contributed by atoms with van der Waals surface area (Å²) in [5.41, 5.74) is 1.31. The molecule has 6 heteroatoms. The topological polar surface area (TPSA) is 57.7 Å². The van der Waals surface area contributed by atoms with Gasteiger partial charge in [0, 0.05) is 43.6 Å². The van der Waals surface area contributed by atoms with Gasteiger partial charge in [0.25, 0.3) is 5.91 Å². The van der Waals surface area contributed by atoms with Crippen LogP contribution in [0.1, 0.15) is 10.4 Å². The third-order valence-electron chi connectivity index (χ3n) is 4.93. The van der Waals surface area contributed by atoms with Gasteiger partial charge in [0.1, 0.15) is 17.3 Å². The van der Waals surface area contributed by atoms with Crippen LogP contribution in [0.15, 0.2) is 72.9 Å². The Morgan fingerprint density at radius 2 is 1.62 bits per heavy atom. The number of ether oxygens (including phenoxy) is 1. The number of carbonyl (C=O) groups excluding carboxylic acids is 1. The molecule has 2 heterocycles. The summed E-state index contributed by atoms with van der Waals surface area (Å²) >= 11 is 0. The largest absolute Gasteiger partial charge is 0.457 e. The predicted molar refractivity (Wildman–Crippen MR) is 115 cm³/mol. The molecule has 0 spiro atoms. The number of hydrogen-bond acceptors (Lipinski definition) is 5. The third-order valence-corrected chi connectivity index (χ3v) is 4.93. The van der Waals surface area contributed by atoms with Crippen LogP contribution in [0.25, 0.3) is 0 Å². The van der Waals surface area contributed by atoms with Crippen LogP contribution in [0, 0.1) is 0 Å². The first kappa shape index (κ1) is 19.0. The summed E-state index contributed by atoms with van der Waals surface area (Å²) in [4.78, 5) is 21.6. The van der Waals surface area contributed by atoms with E-state index in [2.05, 4.69) is 27.1 Å². The highest BCUT2D eigenvalue weighted by Gasteiger charge is 2.16. The first-order valence-electron chi connectivity index (χ1n) is 9.71. The Morgan fingerprint density at radius 3 is 2.34 bits per heavy atom. The molecule has 0 unspecified atom stereocenters. The fraction of sp³-hybridized carbons (Fsp3) is 0.217. The molecule has 3 aromatic rings. The van der Waals surface area contributed by atoms with Crippen LogP contribution in [0.2, 0.25) is 0 Å². The van der Waals surface area contributed by atoms with Crippen molar-refractivity contribution in [1.29, 1.82) is 0 Å². The Morgan fingerprint density at radius 1 is 0.931 bits per heavy atom. The van der Waals surface area contributed by atoms with Gasteiger partial charge in [-0.3, -0.25) is 4.79 Å². The van der Waals surface area contributed by atoms with Crippen LogP contribution < -0.4 is 15.0 Å². The number of anilines is 2. The Balaban J connectivity index is 1.39. The molecule has 6 nitrogen and oxygen atoms in total. The van der Waals surface area contributed by atoms with Crippen LogP contribution in [-0.4, -0.2) is 49.0 Å². The first-order chi connectivity index (χ1) is 14.2. The van der Waals surface area contributed by atoms with E-state index < -0.39 is 0 Å². The molecule has 0 bridgehead atoms. The molecule has 1 aliphatic rings. The van der Waals surface area contributed by atoms with E-state index in [-0.39, 0.29) is 5.91 Å². The van der Waals surface area contributed by atoms with Crippen LogP contribution >= 0.6 is 0 Å². The van der Waals surface area contributed by atoms with Gasteiger partial charge >= 0.3 is 0 Å². The number of piperazine rings is 1. The summed E-state index contributed by atoms with van der Waals surface area (Å²) in [5, 5.41) is 2.94. The zero-order chi connectivity index (χ0) is 20.1. The Hall–Kier alpha value is -3.38. The van der Waals surface area contributed by atoms with Crippen molar-refractivity contribution < 1.29 is 9.53 Å². The highest BCUT2D eigenvalue weighted by Crippen LogP contribution is 2.23. The van der Waals surface area contributed by atoms with E-state index in [0.717, 1.165) is 43.5 Å². The van der Waals surface area contributed by atoms with Crippen molar-refractivity contribution in [3.8, 4) is 11.5 Å². The Kier molecular flexibility index (Phi) is 5.72. The maximum absolute atomic E-state index is 12.7. The zero-order valence-electron chi connectivity index (χ0n) is 16.4. The molecular formula is C23H24N4O2. The molecule has 1 aliphatic heterocycles. The highest BCUT2D eigenvalue weighted by atomic mass is 16.5. The second-order valence-corrected chi connectivity index (χ2v) is 7.09. The maximum Gasteiger partial charge on any atom is 0.255 e. The number of likely N-dealkylation sites (N-methyl/N-ethyl adjacent to an activating group) is 1. The number of rotatable bonds is 5. The minimum atomic E-state index is -0.153. The molecule has 0 atom stereocenters. The average molecular weight is 388 g/mol. The molecule has 0 radical (unpaired) electrons. The van der Waals surface area contributed by atoms with Crippen LogP contribution in [-0.2, 0) is 0 Å². The molecular weight excluding hydrogens is 364 g/mol. The summed E-state index contributed by atoms with van der Waals surface area (Å²) in [6, 6.07) is 20.5. The SMILES string of the molecule is CN1CCN(c2cc(C(=O)Nc3ccc(Oc4ccccc4)cc3)ccn2)CC1. The number of nitrogens with zero attached hydrogens (tertiary/aromatic N) is 3. The van der Waals surface area contributed by atoms with Gasteiger partial charge < -0.3 is 19.9 Å². The van der Waals surface area contributed by atoms with E-state index in [9.17, 15) is 4.79 Å². The number of amides is 1. The minimum Gasteiger partial charge on any atom is -0.457 e. The quantitative estimate of drug-likeness (QED) is 0.719. The minimum absolute atomic E-state index is 0.153. The summed E-state index contributed by atoms with van der Waals surface area (Å²) in [5.74, 6) is 2.19. The van der Waals surface area contributed by atoms with E-state index in [1.54, 1.807) is 12.3 Å². The van der Waals surface area contributed by atoms with Crippen molar-refractivity contribution >= 4 is 17.4 Å². The number of nitrogens with one attached hydrogen (secondary N) is 1. The van der Waals surface area contributed by atoms with Crippen LogP contribution in [0.3, 0.4) is 0 Å². The Labute approximate surface area is 170 Å². The van der Waals surface area contributed by atoms with E-state index in [0.29, 0.717) is 11.3 Å². The fourth-order valence-corrected chi connectivity index (χ4v) is 3.20. The highest BCUT2D eigenvalue weighted by molar-refractivity contribution is 6.04. The molecule has 148 valence electrons. The number of aromatic nitrogens is 1. The molecule has 1 N–H and O–H groups in total. The van der Waals surface area contributed by atoms with Gasteiger partial charge in [-0.2, -0.15) is 0 Å². The number of para-hydroxylation sites is 1. The lowest BCUT2D eigenvalue weighted by Gasteiger charge is -2.33. The fourth-order valence-electron chi connectivity index (χ4n) is 3.20. The lowest BCUT2D eigenvalue weighted by Crippen LogP contribution is -2.44. The van der Waals surface area contributed by atoms with E-state index >= 15 is 0 Å². The average Bonchev–Trinajstić information content (AvgIpc) is 2.76. The smallest absolute Gasteiger partial charge is 0.255 e. The summed E-state index contributed by atoms with van der Waals surface area (Å²) < 4.78 is 5.78. The van der Waals surface area contributed by atoms with Crippen LogP contribution in [0.4, 0.5) is 11.5 Å². The normalized spacial score (nSPS) is 14.4. The zero-order valence-corrected chi connectivity index (χ0v) is 16.4. The lowest BCUT2D eigenvalue weighted by atomic mass is 10.2. The Bertz CT molecular complexity index is 952. The van der Waals surface area contributed by atoms with E-state index in [1.807, 2.05) is 60.7 Å². The van der Waals surface area contributed by atoms with E-state index in [4.69, 9.17) is 4.74 Å². The van der Waals surface area contributed by atoms with Gasteiger partial charge in [-0.1, -0.05) is 18.2 Å².